The summed E-state index contributed by atoms with van der Waals surface area (Å²) in [6.45, 7) is -0.00515. The second-order valence-electron chi connectivity index (χ2n) is 5.25. The van der Waals surface area contributed by atoms with Gasteiger partial charge in [-0.05, 0) is 35.9 Å². The molecule has 2 aromatic heterocycles. The minimum atomic E-state index is -0.505. The topological polar surface area (TPSA) is 83.9 Å². The molecule has 1 aromatic carbocycles. The average molecular weight is 355 g/mol. The van der Waals surface area contributed by atoms with Crippen LogP contribution in [0.4, 0.5) is 0 Å². The first kappa shape index (κ1) is 17.3. The van der Waals surface area contributed by atoms with Crippen LogP contribution >= 0.6 is 0 Å². The number of nitrogens with zero attached hydrogens (tertiary/aromatic N) is 1. The Kier molecular flexibility index (Phi) is 5.38. The highest BCUT2D eigenvalue weighted by Gasteiger charge is 2.10. The Bertz CT molecular complexity index is 872. The van der Waals surface area contributed by atoms with Crippen LogP contribution < -0.4 is 9.47 Å². The summed E-state index contributed by atoms with van der Waals surface area (Å²) in [6.07, 6.45) is 4.47. The fourth-order valence-electron chi connectivity index (χ4n) is 2.20. The fourth-order valence-corrected chi connectivity index (χ4v) is 2.20. The van der Waals surface area contributed by atoms with Gasteiger partial charge < -0.3 is 23.2 Å². The average Bonchev–Trinajstić information content (AvgIpc) is 3.35. The van der Waals surface area contributed by atoms with E-state index < -0.39 is 5.97 Å². The van der Waals surface area contributed by atoms with Gasteiger partial charge in [-0.25, -0.2) is 4.79 Å². The molecule has 7 heteroatoms. The van der Waals surface area contributed by atoms with E-state index in [1.54, 1.807) is 56.7 Å². The largest absolute Gasteiger partial charge is 0.497 e. The Balaban J connectivity index is 1.58. The third kappa shape index (κ3) is 4.32. The van der Waals surface area contributed by atoms with E-state index in [0.717, 1.165) is 5.56 Å². The zero-order chi connectivity index (χ0) is 18.4. The molecule has 0 bridgehead atoms. The van der Waals surface area contributed by atoms with Gasteiger partial charge >= 0.3 is 5.97 Å². The van der Waals surface area contributed by atoms with Gasteiger partial charge in [0.1, 0.15) is 23.8 Å². The lowest BCUT2D eigenvalue weighted by atomic mass is 10.2. The number of benzene rings is 1. The summed E-state index contributed by atoms with van der Waals surface area (Å²) in [5, 5.41) is 3.84. The number of esters is 1. The number of furan rings is 1. The second kappa shape index (κ2) is 8.06. The normalized spacial score (nSPS) is 10.8. The van der Waals surface area contributed by atoms with Gasteiger partial charge in [0.25, 0.3) is 0 Å². The molecular weight excluding hydrogens is 338 g/mol. The van der Waals surface area contributed by atoms with E-state index >= 15 is 0 Å². The van der Waals surface area contributed by atoms with Crippen molar-refractivity contribution < 1.29 is 27.9 Å². The molecule has 134 valence electrons. The zero-order valence-corrected chi connectivity index (χ0v) is 14.3. The van der Waals surface area contributed by atoms with Crippen molar-refractivity contribution in [3.8, 4) is 23.0 Å². The predicted molar refractivity (Wildman–Crippen MR) is 92.6 cm³/mol. The molecule has 0 radical (unpaired) electrons. The number of rotatable bonds is 7. The molecule has 2 heterocycles. The van der Waals surface area contributed by atoms with E-state index in [2.05, 4.69) is 5.16 Å². The van der Waals surface area contributed by atoms with Gasteiger partial charge in [0.2, 0.25) is 5.76 Å². The number of methoxy groups -OCH3 is 2. The van der Waals surface area contributed by atoms with Crippen LogP contribution in [-0.4, -0.2) is 25.3 Å². The number of carbonyl (C=O) groups is 1. The van der Waals surface area contributed by atoms with Gasteiger partial charge in [-0.3, -0.25) is 0 Å². The van der Waals surface area contributed by atoms with E-state index in [1.807, 2.05) is 0 Å². The maximum Gasteiger partial charge on any atom is 0.331 e. The summed E-state index contributed by atoms with van der Waals surface area (Å²) in [7, 11) is 3.12. The summed E-state index contributed by atoms with van der Waals surface area (Å²) in [5.41, 5.74) is 1.24. The lowest BCUT2D eigenvalue weighted by Gasteiger charge is -2.05. The van der Waals surface area contributed by atoms with Crippen molar-refractivity contribution in [2.75, 3.05) is 14.2 Å². The molecule has 0 unspecified atom stereocenters. The van der Waals surface area contributed by atoms with Crippen LogP contribution in [0.2, 0.25) is 0 Å². The van der Waals surface area contributed by atoms with Crippen molar-refractivity contribution in [1.82, 2.24) is 5.16 Å². The number of carbonyl (C=O) groups excluding carboxylic acids is 1. The maximum absolute atomic E-state index is 11.9. The highest BCUT2D eigenvalue weighted by Crippen LogP contribution is 2.23. The molecule has 0 aliphatic heterocycles. The summed E-state index contributed by atoms with van der Waals surface area (Å²) in [4.78, 5) is 11.9. The Hall–Kier alpha value is -3.48. The number of ether oxygens (including phenoxy) is 3. The SMILES string of the molecule is COc1cc(/C=C/C(=O)OCc2cc(-c3ccco3)on2)cc(OC)c1. The Morgan fingerprint density at radius 3 is 2.54 bits per heavy atom. The van der Waals surface area contributed by atoms with Gasteiger partial charge in [0, 0.05) is 18.2 Å². The standard InChI is InChI=1S/C19H17NO6/c1-22-15-8-13(9-16(11-15)23-2)5-6-19(21)25-12-14-10-18(26-20-14)17-4-3-7-24-17/h3-11H,12H2,1-2H3/b6-5+. The molecular formula is C19H17NO6. The minimum absolute atomic E-state index is 0.00515. The first-order valence-electron chi connectivity index (χ1n) is 7.75. The maximum atomic E-state index is 11.9. The van der Waals surface area contributed by atoms with Crippen molar-refractivity contribution in [3.63, 3.8) is 0 Å². The summed E-state index contributed by atoms with van der Waals surface area (Å²) in [5.74, 6) is 1.78. The monoisotopic (exact) mass is 355 g/mol. The summed E-state index contributed by atoms with van der Waals surface area (Å²) in [6, 6.07) is 10.5. The minimum Gasteiger partial charge on any atom is -0.497 e. The summed E-state index contributed by atoms with van der Waals surface area (Å²) < 4.78 is 25.9. The van der Waals surface area contributed by atoms with Gasteiger partial charge in [-0.2, -0.15) is 0 Å². The molecule has 26 heavy (non-hydrogen) atoms. The molecule has 3 aromatic rings. The Labute approximate surface area is 149 Å². The van der Waals surface area contributed by atoms with Crippen LogP contribution in [-0.2, 0) is 16.1 Å². The van der Waals surface area contributed by atoms with Gasteiger partial charge in [0.15, 0.2) is 5.76 Å². The van der Waals surface area contributed by atoms with Crippen molar-refractivity contribution in [2.45, 2.75) is 6.61 Å². The van der Waals surface area contributed by atoms with Crippen LogP contribution in [0.1, 0.15) is 11.3 Å². The fraction of sp³-hybridized carbons (Fsp3) is 0.158. The molecule has 0 fully saturated rings. The smallest absolute Gasteiger partial charge is 0.331 e. The number of aromatic nitrogens is 1. The highest BCUT2D eigenvalue weighted by molar-refractivity contribution is 5.87. The van der Waals surface area contributed by atoms with Crippen molar-refractivity contribution >= 4 is 12.0 Å². The molecule has 3 rings (SSSR count). The van der Waals surface area contributed by atoms with Crippen LogP contribution in [0.3, 0.4) is 0 Å². The third-order valence-electron chi connectivity index (χ3n) is 3.47. The van der Waals surface area contributed by atoms with E-state index in [4.69, 9.17) is 23.2 Å². The molecule has 7 nitrogen and oxygen atoms in total. The van der Waals surface area contributed by atoms with E-state index in [9.17, 15) is 4.79 Å². The lowest BCUT2D eigenvalue weighted by molar-refractivity contribution is -0.139. The number of hydrogen-bond acceptors (Lipinski definition) is 7. The van der Waals surface area contributed by atoms with Crippen LogP contribution in [0.15, 0.2) is 57.7 Å². The molecule has 0 aliphatic carbocycles. The van der Waals surface area contributed by atoms with Crippen LogP contribution in [0.5, 0.6) is 11.5 Å². The van der Waals surface area contributed by atoms with Gasteiger partial charge in [-0.15, -0.1) is 0 Å². The van der Waals surface area contributed by atoms with Crippen LogP contribution in [0.25, 0.3) is 17.6 Å². The second-order valence-corrected chi connectivity index (χ2v) is 5.25. The van der Waals surface area contributed by atoms with E-state index in [-0.39, 0.29) is 6.61 Å². The van der Waals surface area contributed by atoms with Crippen molar-refractivity contribution in [1.29, 1.82) is 0 Å². The molecule has 0 N–H and O–H groups in total. The third-order valence-corrected chi connectivity index (χ3v) is 3.47. The first-order chi connectivity index (χ1) is 12.7. The van der Waals surface area contributed by atoms with Gasteiger partial charge in [-0.1, -0.05) is 5.16 Å². The van der Waals surface area contributed by atoms with E-state index in [0.29, 0.717) is 28.7 Å². The molecule has 0 spiro atoms. The first-order valence-corrected chi connectivity index (χ1v) is 7.75. The van der Waals surface area contributed by atoms with Gasteiger partial charge in [0.05, 0.1) is 20.5 Å². The quantitative estimate of drug-likeness (QED) is 0.472. The number of hydrogen-bond donors (Lipinski definition) is 0. The van der Waals surface area contributed by atoms with E-state index in [1.165, 1.54) is 12.3 Å². The Morgan fingerprint density at radius 2 is 1.88 bits per heavy atom. The lowest BCUT2D eigenvalue weighted by Crippen LogP contribution is -2.00. The molecule has 0 atom stereocenters. The molecule has 0 aliphatic rings. The summed E-state index contributed by atoms with van der Waals surface area (Å²) >= 11 is 0. The Morgan fingerprint density at radius 1 is 1.12 bits per heavy atom. The van der Waals surface area contributed by atoms with Crippen molar-refractivity contribution in [3.05, 3.63) is 60.0 Å². The molecule has 0 saturated heterocycles. The predicted octanol–water partition coefficient (Wildman–Crippen LogP) is 3.71. The van der Waals surface area contributed by atoms with Crippen molar-refractivity contribution in [2.24, 2.45) is 0 Å². The molecule has 0 amide bonds. The molecule has 0 saturated carbocycles. The van der Waals surface area contributed by atoms with Crippen LogP contribution in [0, 0.1) is 0 Å². The zero-order valence-electron chi connectivity index (χ0n) is 14.3. The highest BCUT2D eigenvalue weighted by atomic mass is 16.5.